The van der Waals surface area contributed by atoms with Crippen molar-refractivity contribution >= 4 is 28.4 Å². The molecule has 3 aromatic carbocycles. The molecule has 5 aromatic rings. The lowest BCUT2D eigenvalue weighted by atomic mass is 9.98. The van der Waals surface area contributed by atoms with Crippen molar-refractivity contribution in [2.75, 3.05) is 0 Å². The number of rotatable bonds is 8. The third kappa shape index (κ3) is 5.30. The van der Waals surface area contributed by atoms with E-state index in [0.717, 1.165) is 27.9 Å². The molecule has 2 aromatic heterocycles. The summed E-state index contributed by atoms with van der Waals surface area (Å²) in [7, 11) is 0. The molecule has 0 saturated heterocycles. The van der Waals surface area contributed by atoms with Crippen molar-refractivity contribution in [2.24, 2.45) is 10.9 Å². The van der Waals surface area contributed by atoms with Crippen LogP contribution >= 0.6 is 0 Å². The molecular formula is C35H35FN4O. The molecule has 0 spiro atoms. The Morgan fingerprint density at radius 3 is 2.39 bits per heavy atom. The number of nitrogens with zero attached hydrogens (tertiary/aromatic N) is 4. The Kier molecular flexibility index (Phi) is 7.84. The summed E-state index contributed by atoms with van der Waals surface area (Å²) in [6.07, 6.45) is 2.38. The molecule has 0 N–H and O–H groups in total. The second-order valence-corrected chi connectivity index (χ2v) is 10.9. The second kappa shape index (κ2) is 11.5. The summed E-state index contributed by atoms with van der Waals surface area (Å²) in [5.74, 6) is 0.699. The Balaban J connectivity index is 1.76. The highest BCUT2D eigenvalue weighted by molar-refractivity contribution is 5.85. The summed E-state index contributed by atoms with van der Waals surface area (Å²) in [6, 6.07) is 24.2. The van der Waals surface area contributed by atoms with E-state index in [9.17, 15) is 4.79 Å². The minimum Gasteiger partial charge on any atom is -0.279 e. The van der Waals surface area contributed by atoms with E-state index >= 15 is 4.39 Å². The van der Waals surface area contributed by atoms with Crippen molar-refractivity contribution in [3.05, 3.63) is 118 Å². The van der Waals surface area contributed by atoms with Crippen molar-refractivity contribution in [1.29, 1.82) is 0 Å². The van der Waals surface area contributed by atoms with Gasteiger partial charge in [0.2, 0.25) is 0 Å². The first-order valence-electron chi connectivity index (χ1n) is 14.0. The molecule has 0 bridgehead atoms. The molecular weight excluding hydrogens is 511 g/mol. The maximum absolute atomic E-state index is 15.2. The van der Waals surface area contributed by atoms with Crippen molar-refractivity contribution in [3.8, 4) is 16.9 Å². The van der Waals surface area contributed by atoms with E-state index in [-0.39, 0.29) is 11.4 Å². The number of hydrogen-bond donors (Lipinski definition) is 0. The molecule has 0 amide bonds. The third-order valence-electron chi connectivity index (χ3n) is 7.28. The van der Waals surface area contributed by atoms with Crippen LogP contribution in [0.5, 0.6) is 0 Å². The average molecular weight is 547 g/mol. The molecule has 6 heteroatoms. The van der Waals surface area contributed by atoms with Gasteiger partial charge < -0.3 is 0 Å². The average Bonchev–Trinajstić information content (AvgIpc) is 3.33. The highest BCUT2D eigenvalue weighted by Gasteiger charge is 2.26. The number of para-hydroxylation sites is 1. The fourth-order valence-corrected chi connectivity index (χ4v) is 5.39. The summed E-state index contributed by atoms with van der Waals surface area (Å²) in [5, 5.41) is 6.52. The van der Waals surface area contributed by atoms with E-state index in [1.54, 1.807) is 16.8 Å². The van der Waals surface area contributed by atoms with Crippen LogP contribution in [0, 0.1) is 11.7 Å². The molecule has 0 saturated carbocycles. The van der Waals surface area contributed by atoms with Gasteiger partial charge in [-0.3, -0.25) is 9.36 Å². The Bertz CT molecular complexity index is 1830. The van der Waals surface area contributed by atoms with E-state index < -0.39 is 6.04 Å². The molecule has 5 rings (SSSR count). The first-order chi connectivity index (χ1) is 19.7. The number of fused-ring (bicyclic) bond motifs is 1. The van der Waals surface area contributed by atoms with Crippen LogP contribution in [-0.2, 0) is 6.42 Å². The fourth-order valence-electron chi connectivity index (χ4n) is 5.39. The smallest absolute Gasteiger partial charge is 0.263 e. The molecule has 1 atom stereocenters. The summed E-state index contributed by atoms with van der Waals surface area (Å²) in [4.78, 5) is 18.6. The van der Waals surface area contributed by atoms with Gasteiger partial charge in [-0.05, 0) is 80.0 Å². The van der Waals surface area contributed by atoms with Gasteiger partial charge in [-0.15, -0.1) is 0 Å². The largest absolute Gasteiger partial charge is 0.279 e. The molecule has 0 aliphatic heterocycles. The van der Waals surface area contributed by atoms with Crippen LogP contribution in [0.4, 0.5) is 10.2 Å². The van der Waals surface area contributed by atoms with Gasteiger partial charge in [0.25, 0.3) is 5.56 Å². The van der Waals surface area contributed by atoms with Gasteiger partial charge in [0.15, 0.2) is 5.82 Å². The van der Waals surface area contributed by atoms with Crippen molar-refractivity contribution in [1.82, 2.24) is 14.3 Å². The number of benzene rings is 3. The zero-order valence-electron chi connectivity index (χ0n) is 24.2. The highest BCUT2D eigenvalue weighted by Crippen LogP contribution is 2.39. The van der Waals surface area contributed by atoms with Crippen molar-refractivity contribution in [3.63, 3.8) is 0 Å². The molecule has 208 valence electrons. The molecule has 5 nitrogen and oxygen atoms in total. The van der Waals surface area contributed by atoms with Crippen molar-refractivity contribution < 1.29 is 4.39 Å². The quantitative estimate of drug-likeness (QED) is 0.183. The maximum Gasteiger partial charge on any atom is 0.263 e. The first kappa shape index (κ1) is 28.0. The number of hydrogen-bond acceptors (Lipinski definition) is 3. The van der Waals surface area contributed by atoms with Crippen molar-refractivity contribution in [2.45, 2.75) is 47.1 Å². The molecule has 0 aliphatic carbocycles. The van der Waals surface area contributed by atoms with Gasteiger partial charge >= 0.3 is 0 Å². The Morgan fingerprint density at radius 2 is 1.73 bits per heavy atom. The number of pyridine rings is 1. The summed E-state index contributed by atoms with van der Waals surface area (Å²) < 4.78 is 18.8. The Hall–Kier alpha value is -4.58. The molecule has 0 fully saturated rings. The third-order valence-corrected chi connectivity index (χ3v) is 7.28. The lowest BCUT2D eigenvalue weighted by Gasteiger charge is -2.21. The van der Waals surface area contributed by atoms with Crippen LogP contribution in [0.3, 0.4) is 0 Å². The second-order valence-electron chi connectivity index (χ2n) is 10.9. The minimum absolute atomic E-state index is 0.105. The fraction of sp³-hybridized carbons (Fsp3) is 0.229. The number of halogens is 1. The number of aliphatic imine (C=N–C) groups is 1. The lowest BCUT2D eigenvalue weighted by Crippen LogP contribution is -2.25. The van der Waals surface area contributed by atoms with E-state index in [0.29, 0.717) is 40.4 Å². The number of aromatic nitrogens is 3. The molecule has 2 heterocycles. The maximum atomic E-state index is 15.2. The number of allylic oxidation sites excluding steroid dienone is 1. The molecule has 0 aliphatic rings. The van der Waals surface area contributed by atoms with Gasteiger partial charge in [-0.25, -0.2) is 14.1 Å². The zero-order valence-corrected chi connectivity index (χ0v) is 24.2. The van der Waals surface area contributed by atoms with E-state index in [1.165, 1.54) is 0 Å². The zero-order chi connectivity index (χ0) is 29.3. The lowest BCUT2D eigenvalue weighted by molar-refractivity contribution is 0.544. The van der Waals surface area contributed by atoms with Crippen LogP contribution < -0.4 is 5.56 Å². The Labute approximate surface area is 240 Å². The summed E-state index contributed by atoms with van der Waals surface area (Å²) in [5.41, 5.74) is 4.88. The van der Waals surface area contributed by atoms with E-state index in [1.807, 2.05) is 98.2 Å². The van der Waals surface area contributed by atoms with Gasteiger partial charge in [-0.1, -0.05) is 69.0 Å². The molecule has 41 heavy (non-hydrogen) atoms. The first-order valence-corrected chi connectivity index (χ1v) is 14.0. The van der Waals surface area contributed by atoms with Crippen LogP contribution in [0.15, 0.2) is 95.2 Å². The highest BCUT2D eigenvalue weighted by atomic mass is 19.1. The van der Waals surface area contributed by atoms with Gasteiger partial charge in [0.05, 0.1) is 11.7 Å². The monoisotopic (exact) mass is 546 g/mol. The molecule has 0 radical (unpaired) electrons. The van der Waals surface area contributed by atoms with Crippen LogP contribution in [-0.4, -0.2) is 20.6 Å². The topological polar surface area (TPSA) is 52.2 Å². The standard InChI is InChI=1S/C35H35FN4O/c1-7-37-34-32(23(4)5)33(27-18-17-26(19-22(2)3)30(36)20-27)38-40(34)24(6)31-21-25-13-11-12-16-29(25)35(41)39(31)28-14-9-8-10-15-28/h7-18,20-22,24H,4,19H2,1-3,5-6H3/b37-7-. The normalized spacial score (nSPS) is 12.5. The van der Waals surface area contributed by atoms with Crippen LogP contribution in [0.25, 0.3) is 33.3 Å². The molecule has 1 unspecified atom stereocenters. The van der Waals surface area contributed by atoms with Gasteiger partial charge in [-0.2, -0.15) is 5.10 Å². The van der Waals surface area contributed by atoms with Gasteiger partial charge in [0.1, 0.15) is 11.5 Å². The van der Waals surface area contributed by atoms with Gasteiger partial charge in [0, 0.05) is 28.4 Å². The SMILES string of the molecule is C=C(C)c1c(-c2ccc(CC(C)C)c(F)c2)nn(C(C)c2cc3ccccc3c(=O)n2-c2ccccc2)c1/N=C\C. The predicted molar refractivity (Wildman–Crippen MR) is 168 cm³/mol. The summed E-state index contributed by atoms with van der Waals surface area (Å²) in [6.45, 7) is 14.1. The predicted octanol–water partition coefficient (Wildman–Crippen LogP) is 8.56. The van der Waals surface area contributed by atoms with E-state index in [2.05, 4.69) is 20.4 Å². The Morgan fingerprint density at radius 1 is 1.02 bits per heavy atom. The minimum atomic E-state index is -0.400. The van der Waals surface area contributed by atoms with Crippen LogP contribution in [0.2, 0.25) is 0 Å². The summed E-state index contributed by atoms with van der Waals surface area (Å²) >= 11 is 0. The van der Waals surface area contributed by atoms with E-state index in [4.69, 9.17) is 10.1 Å². The van der Waals surface area contributed by atoms with Crippen LogP contribution in [0.1, 0.15) is 57.5 Å².